The van der Waals surface area contributed by atoms with Crippen molar-refractivity contribution in [3.8, 4) is 5.75 Å². The summed E-state index contributed by atoms with van der Waals surface area (Å²) in [5, 5.41) is 6.89. The van der Waals surface area contributed by atoms with Gasteiger partial charge in [0.25, 0.3) is 0 Å². The van der Waals surface area contributed by atoms with E-state index in [0.29, 0.717) is 36.3 Å². The predicted octanol–water partition coefficient (Wildman–Crippen LogP) is 5.76. The van der Waals surface area contributed by atoms with Crippen LogP contribution < -0.4 is 15.0 Å². The van der Waals surface area contributed by atoms with Crippen LogP contribution in [0, 0.1) is 5.82 Å². The molecule has 2 aliphatic carbocycles. The molecule has 11 heteroatoms. The normalized spacial score (nSPS) is 16.2. The number of nitrogens with one attached hydrogen (secondary N) is 1. The van der Waals surface area contributed by atoms with E-state index >= 15 is 0 Å². The Bertz CT molecular complexity index is 1380. The topological polar surface area (TPSA) is 76.5 Å². The van der Waals surface area contributed by atoms with Gasteiger partial charge in [0.2, 0.25) is 11.8 Å². The van der Waals surface area contributed by atoms with E-state index in [-0.39, 0.29) is 23.7 Å². The van der Waals surface area contributed by atoms with E-state index in [2.05, 4.69) is 10.4 Å². The summed E-state index contributed by atoms with van der Waals surface area (Å²) < 4.78 is 61.8. The van der Waals surface area contributed by atoms with Gasteiger partial charge >= 0.3 is 6.18 Å². The maximum Gasteiger partial charge on any atom is 0.435 e. The number of carbonyl (C=O) groups excluding carboxylic acids is 2. The van der Waals surface area contributed by atoms with Gasteiger partial charge in [0.1, 0.15) is 24.2 Å². The van der Waals surface area contributed by atoms with Crippen LogP contribution in [0.1, 0.15) is 67.1 Å². The average Bonchev–Trinajstić information content (AvgIpc) is 3.60. The fourth-order valence-electron chi connectivity index (χ4n) is 5.83. The SMILES string of the molecule is COc1ccc([C@H](C(=O)NC2CCCC2)N(C(=O)Cn2nc(C(F)(F)F)c3c2CCCC3)c2ccc(F)cc2)cc1. The fourth-order valence-corrected chi connectivity index (χ4v) is 5.83. The molecule has 1 fully saturated rings. The van der Waals surface area contributed by atoms with Gasteiger partial charge in [-0.05, 0) is 80.5 Å². The Hall–Kier alpha value is -3.89. The standard InChI is InChI=1S/C30H32F4N4O3/c1-41-23-16-10-19(11-17-23)27(29(40)35-21-6-2-3-7-21)38(22-14-12-20(31)13-15-22)26(39)18-37-25-9-5-4-8-24(25)28(36-37)30(32,33)34/h10-17,21,27H,2-9,18H2,1H3,(H,35,40)/t27-/m1/s1. The van der Waals surface area contributed by atoms with Gasteiger partial charge < -0.3 is 10.1 Å². The number of methoxy groups -OCH3 is 1. The van der Waals surface area contributed by atoms with Crippen molar-refractivity contribution in [3.63, 3.8) is 0 Å². The van der Waals surface area contributed by atoms with E-state index in [1.54, 1.807) is 24.3 Å². The minimum Gasteiger partial charge on any atom is -0.497 e. The van der Waals surface area contributed by atoms with E-state index in [1.165, 1.54) is 36.3 Å². The number of aromatic nitrogens is 2. The molecule has 7 nitrogen and oxygen atoms in total. The highest BCUT2D eigenvalue weighted by atomic mass is 19.4. The van der Waals surface area contributed by atoms with E-state index in [0.717, 1.165) is 30.4 Å². The second-order valence-electron chi connectivity index (χ2n) is 10.5. The number of hydrogen-bond acceptors (Lipinski definition) is 4. The Balaban J connectivity index is 1.57. The van der Waals surface area contributed by atoms with Crippen LogP contribution in [0.25, 0.3) is 0 Å². The van der Waals surface area contributed by atoms with Crippen molar-refractivity contribution in [1.29, 1.82) is 0 Å². The Morgan fingerprint density at radius 3 is 2.32 bits per heavy atom. The summed E-state index contributed by atoms with van der Waals surface area (Å²) in [5.41, 5.74) is 0.232. The molecular weight excluding hydrogens is 540 g/mol. The van der Waals surface area contributed by atoms with E-state index in [4.69, 9.17) is 4.74 Å². The molecule has 2 aromatic carbocycles. The number of fused-ring (bicyclic) bond motifs is 1. The summed E-state index contributed by atoms with van der Waals surface area (Å²) in [6.45, 7) is -0.515. The number of benzene rings is 2. The maximum atomic E-state index is 14.1. The second kappa shape index (κ2) is 11.9. The molecule has 0 bridgehead atoms. The third-order valence-electron chi connectivity index (χ3n) is 7.82. The van der Waals surface area contributed by atoms with Crippen molar-refractivity contribution >= 4 is 17.5 Å². The van der Waals surface area contributed by atoms with Gasteiger partial charge in [-0.15, -0.1) is 0 Å². The van der Waals surface area contributed by atoms with Crippen LogP contribution >= 0.6 is 0 Å². The number of amides is 2. The fraction of sp³-hybridized carbons (Fsp3) is 0.433. The number of carbonyl (C=O) groups is 2. The van der Waals surface area contributed by atoms with Crippen LogP contribution in [0.2, 0.25) is 0 Å². The monoisotopic (exact) mass is 572 g/mol. The smallest absolute Gasteiger partial charge is 0.435 e. The van der Waals surface area contributed by atoms with Gasteiger partial charge in [0.15, 0.2) is 5.69 Å². The molecule has 0 radical (unpaired) electrons. The van der Waals surface area contributed by atoms with Crippen molar-refractivity contribution in [1.82, 2.24) is 15.1 Å². The lowest BCUT2D eigenvalue weighted by molar-refractivity contribution is -0.142. The quantitative estimate of drug-likeness (QED) is 0.348. The number of hydrogen-bond donors (Lipinski definition) is 1. The number of nitrogens with zero attached hydrogens (tertiary/aromatic N) is 3. The molecular formula is C30H32F4N4O3. The molecule has 1 saturated carbocycles. The largest absolute Gasteiger partial charge is 0.497 e. The summed E-state index contributed by atoms with van der Waals surface area (Å²) in [4.78, 5) is 29.2. The first kappa shape index (κ1) is 28.6. The molecule has 1 heterocycles. The molecule has 5 rings (SSSR count). The summed E-state index contributed by atoms with van der Waals surface area (Å²) >= 11 is 0. The molecule has 1 atom stereocenters. The van der Waals surface area contributed by atoms with E-state index in [9.17, 15) is 27.2 Å². The molecule has 218 valence electrons. The zero-order valence-corrected chi connectivity index (χ0v) is 22.7. The van der Waals surface area contributed by atoms with Crippen LogP contribution in [0.3, 0.4) is 0 Å². The number of ether oxygens (including phenoxy) is 1. The molecule has 41 heavy (non-hydrogen) atoms. The van der Waals surface area contributed by atoms with Crippen molar-refractivity contribution < 1.29 is 31.9 Å². The van der Waals surface area contributed by atoms with Gasteiger partial charge in [-0.1, -0.05) is 25.0 Å². The van der Waals surface area contributed by atoms with Crippen molar-refractivity contribution in [2.45, 2.75) is 76.2 Å². The maximum absolute atomic E-state index is 14.1. The Morgan fingerprint density at radius 2 is 1.68 bits per heavy atom. The van der Waals surface area contributed by atoms with Crippen LogP contribution in [-0.4, -0.2) is 34.7 Å². The minimum atomic E-state index is -4.65. The first-order valence-corrected chi connectivity index (χ1v) is 13.8. The average molecular weight is 573 g/mol. The highest BCUT2D eigenvalue weighted by Crippen LogP contribution is 2.36. The van der Waals surface area contributed by atoms with Crippen LogP contribution in [-0.2, 0) is 35.2 Å². The van der Waals surface area contributed by atoms with Crippen molar-refractivity contribution in [3.05, 3.63) is 76.9 Å². The number of alkyl halides is 3. The second-order valence-corrected chi connectivity index (χ2v) is 10.5. The molecule has 1 N–H and O–H groups in total. The molecule has 0 saturated heterocycles. The predicted molar refractivity (Wildman–Crippen MR) is 144 cm³/mol. The van der Waals surface area contributed by atoms with Crippen LogP contribution in [0.5, 0.6) is 5.75 Å². The molecule has 2 amide bonds. The Labute approximate surface area is 235 Å². The van der Waals surface area contributed by atoms with E-state index in [1.807, 2.05) is 0 Å². The highest BCUT2D eigenvalue weighted by molar-refractivity contribution is 6.01. The molecule has 0 aliphatic heterocycles. The zero-order chi connectivity index (χ0) is 29.1. The first-order valence-electron chi connectivity index (χ1n) is 13.8. The Kier molecular flexibility index (Phi) is 8.32. The molecule has 3 aromatic rings. The number of halogens is 4. The summed E-state index contributed by atoms with van der Waals surface area (Å²) in [7, 11) is 1.51. The Morgan fingerprint density at radius 1 is 1.02 bits per heavy atom. The van der Waals surface area contributed by atoms with Gasteiger partial charge in [0.05, 0.1) is 7.11 Å². The third-order valence-corrected chi connectivity index (χ3v) is 7.82. The van der Waals surface area contributed by atoms with Crippen molar-refractivity contribution in [2.24, 2.45) is 0 Å². The summed E-state index contributed by atoms with van der Waals surface area (Å²) in [6.07, 6.45) is 0.818. The number of rotatable bonds is 8. The third kappa shape index (κ3) is 6.23. The summed E-state index contributed by atoms with van der Waals surface area (Å²) in [6, 6.07) is 10.5. The van der Waals surface area contributed by atoms with Gasteiger partial charge in [-0.2, -0.15) is 18.3 Å². The van der Waals surface area contributed by atoms with E-state index < -0.39 is 42.1 Å². The molecule has 1 aromatic heterocycles. The molecule has 2 aliphatic rings. The van der Waals surface area contributed by atoms with Crippen LogP contribution in [0.15, 0.2) is 48.5 Å². The van der Waals surface area contributed by atoms with Gasteiger partial charge in [0, 0.05) is 23.0 Å². The zero-order valence-electron chi connectivity index (χ0n) is 22.7. The lowest BCUT2D eigenvalue weighted by Crippen LogP contribution is -2.47. The first-order chi connectivity index (χ1) is 19.7. The van der Waals surface area contributed by atoms with Gasteiger partial charge in [-0.25, -0.2) is 4.39 Å². The lowest BCUT2D eigenvalue weighted by atomic mass is 9.95. The van der Waals surface area contributed by atoms with Crippen molar-refractivity contribution in [2.75, 3.05) is 12.0 Å². The minimum absolute atomic E-state index is 0.0547. The highest BCUT2D eigenvalue weighted by Gasteiger charge is 2.41. The molecule has 0 spiro atoms. The van der Waals surface area contributed by atoms with Crippen LogP contribution in [0.4, 0.5) is 23.2 Å². The van der Waals surface area contributed by atoms with Gasteiger partial charge in [-0.3, -0.25) is 19.2 Å². The summed E-state index contributed by atoms with van der Waals surface area (Å²) in [5.74, 6) is -1.07. The molecule has 0 unspecified atom stereocenters. The number of anilines is 1. The lowest BCUT2D eigenvalue weighted by Gasteiger charge is -2.32.